The summed E-state index contributed by atoms with van der Waals surface area (Å²) < 4.78 is 21.2. The maximum atomic E-state index is 13.8. The molecular formula is C25H21ClFN3O2. The van der Waals surface area contributed by atoms with E-state index in [9.17, 15) is 9.18 Å². The summed E-state index contributed by atoms with van der Waals surface area (Å²) in [4.78, 5) is 12.5. The second-order valence-corrected chi connectivity index (χ2v) is 7.78. The van der Waals surface area contributed by atoms with Crippen molar-refractivity contribution in [3.8, 4) is 5.75 Å². The summed E-state index contributed by atoms with van der Waals surface area (Å²) in [5.41, 5.74) is 3.47. The van der Waals surface area contributed by atoms with Crippen LogP contribution in [0.2, 0.25) is 5.02 Å². The molecule has 4 rings (SSSR count). The van der Waals surface area contributed by atoms with Crippen LogP contribution in [0.1, 0.15) is 27.0 Å². The minimum atomic E-state index is -0.288. The summed E-state index contributed by atoms with van der Waals surface area (Å²) in [6.07, 6.45) is 3.20. The number of aryl methyl sites for hydroxylation is 1. The summed E-state index contributed by atoms with van der Waals surface area (Å²) >= 11 is 6.03. The van der Waals surface area contributed by atoms with E-state index >= 15 is 0 Å². The fourth-order valence-electron chi connectivity index (χ4n) is 3.14. The Bertz CT molecular complexity index is 1240. The van der Waals surface area contributed by atoms with Gasteiger partial charge in [-0.15, -0.1) is 0 Å². The molecule has 1 heterocycles. The van der Waals surface area contributed by atoms with Crippen LogP contribution in [0.25, 0.3) is 0 Å². The second kappa shape index (κ2) is 9.66. The molecule has 1 amide bonds. The number of aromatic nitrogens is 2. The molecule has 0 aliphatic rings. The number of nitrogens with zero attached hydrogens (tertiary/aromatic N) is 2. The molecule has 1 N–H and O–H groups in total. The first-order chi connectivity index (χ1) is 15.5. The van der Waals surface area contributed by atoms with Gasteiger partial charge in [-0.3, -0.25) is 9.48 Å². The maximum Gasteiger partial charge on any atom is 0.255 e. The monoisotopic (exact) mass is 449 g/mol. The van der Waals surface area contributed by atoms with Crippen molar-refractivity contribution in [3.05, 3.63) is 112 Å². The van der Waals surface area contributed by atoms with Crippen LogP contribution in [0, 0.1) is 12.7 Å². The van der Waals surface area contributed by atoms with Gasteiger partial charge >= 0.3 is 0 Å². The average molecular weight is 450 g/mol. The topological polar surface area (TPSA) is 56.1 Å². The number of amides is 1. The first kappa shape index (κ1) is 21.6. The standard InChI is InChI=1S/C25H21ClFN3O2/c1-17-12-22(10-11-23(17)26)32-16-18-6-8-19(9-7-18)25(31)29-21-13-28-30(15-21)14-20-4-2-3-5-24(20)27/h2-13,15H,14,16H2,1H3,(H,29,31). The summed E-state index contributed by atoms with van der Waals surface area (Å²) in [5, 5.41) is 7.70. The van der Waals surface area contributed by atoms with Crippen molar-refractivity contribution in [1.29, 1.82) is 0 Å². The third-order valence-corrected chi connectivity index (χ3v) is 5.36. The van der Waals surface area contributed by atoms with E-state index in [1.54, 1.807) is 47.3 Å². The highest BCUT2D eigenvalue weighted by Crippen LogP contribution is 2.22. The number of hydrogen-bond acceptors (Lipinski definition) is 3. The first-order valence-electron chi connectivity index (χ1n) is 10.0. The van der Waals surface area contributed by atoms with Crippen molar-refractivity contribution in [2.45, 2.75) is 20.1 Å². The SMILES string of the molecule is Cc1cc(OCc2ccc(C(=O)Nc3cnn(Cc4ccccc4F)c3)cc2)ccc1Cl. The number of carbonyl (C=O) groups excluding carboxylic acids is 1. The maximum absolute atomic E-state index is 13.8. The zero-order valence-corrected chi connectivity index (χ0v) is 18.1. The van der Waals surface area contributed by atoms with Gasteiger partial charge < -0.3 is 10.1 Å². The van der Waals surface area contributed by atoms with Crippen molar-refractivity contribution >= 4 is 23.2 Å². The van der Waals surface area contributed by atoms with Crippen molar-refractivity contribution in [2.75, 3.05) is 5.32 Å². The van der Waals surface area contributed by atoms with Crippen molar-refractivity contribution in [3.63, 3.8) is 0 Å². The van der Waals surface area contributed by atoms with Gasteiger partial charge in [-0.05, 0) is 54.4 Å². The normalized spacial score (nSPS) is 10.7. The number of carbonyl (C=O) groups is 1. The third kappa shape index (κ3) is 5.34. The molecule has 0 fully saturated rings. The van der Waals surface area contributed by atoms with Crippen LogP contribution in [-0.2, 0) is 13.2 Å². The number of nitrogens with one attached hydrogen (secondary N) is 1. The predicted octanol–water partition coefficient (Wildman–Crippen LogP) is 5.86. The van der Waals surface area contributed by atoms with E-state index in [1.165, 1.54) is 12.3 Å². The summed E-state index contributed by atoms with van der Waals surface area (Å²) in [5.74, 6) is 0.196. The van der Waals surface area contributed by atoms with Gasteiger partial charge in [-0.25, -0.2) is 4.39 Å². The lowest BCUT2D eigenvalue weighted by atomic mass is 10.1. The minimum Gasteiger partial charge on any atom is -0.489 e. The van der Waals surface area contributed by atoms with E-state index in [0.29, 0.717) is 28.4 Å². The van der Waals surface area contributed by atoms with E-state index in [1.807, 2.05) is 31.2 Å². The fraction of sp³-hybridized carbons (Fsp3) is 0.120. The Morgan fingerprint density at radius 2 is 1.91 bits per heavy atom. The van der Waals surface area contributed by atoms with Crippen LogP contribution in [0.3, 0.4) is 0 Å². The highest BCUT2D eigenvalue weighted by Gasteiger charge is 2.09. The number of ether oxygens (including phenoxy) is 1. The molecule has 0 aliphatic heterocycles. The molecule has 162 valence electrons. The van der Waals surface area contributed by atoms with E-state index in [-0.39, 0.29) is 18.3 Å². The molecule has 1 aromatic heterocycles. The van der Waals surface area contributed by atoms with Crippen LogP contribution < -0.4 is 10.1 Å². The molecule has 0 unspecified atom stereocenters. The number of rotatable bonds is 7. The van der Waals surface area contributed by atoms with E-state index in [4.69, 9.17) is 16.3 Å². The Hall–Kier alpha value is -3.64. The Kier molecular flexibility index (Phi) is 6.52. The van der Waals surface area contributed by atoms with Crippen LogP contribution >= 0.6 is 11.6 Å². The van der Waals surface area contributed by atoms with Gasteiger partial charge in [0, 0.05) is 22.3 Å². The van der Waals surface area contributed by atoms with Gasteiger partial charge in [0.05, 0.1) is 18.4 Å². The van der Waals surface area contributed by atoms with Crippen LogP contribution in [0.4, 0.5) is 10.1 Å². The first-order valence-corrected chi connectivity index (χ1v) is 10.4. The van der Waals surface area contributed by atoms with Crippen LogP contribution in [0.15, 0.2) is 79.1 Å². The van der Waals surface area contributed by atoms with E-state index < -0.39 is 0 Å². The Morgan fingerprint density at radius 1 is 1.12 bits per heavy atom. The van der Waals surface area contributed by atoms with Crippen molar-refractivity contribution in [1.82, 2.24) is 9.78 Å². The highest BCUT2D eigenvalue weighted by atomic mass is 35.5. The van der Waals surface area contributed by atoms with Crippen molar-refractivity contribution in [2.24, 2.45) is 0 Å². The number of benzene rings is 3. The summed E-state index contributed by atoms with van der Waals surface area (Å²) in [6, 6.07) is 19.2. The molecular weight excluding hydrogens is 429 g/mol. The molecule has 0 saturated carbocycles. The van der Waals surface area contributed by atoms with Gasteiger partial charge in [-0.2, -0.15) is 5.10 Å². The number of hydrogen-bond donors (Lipinski definition) is 1. The zero-order valence-electron chi connectivity index (χ0n) is 17.4. The van der Waals surface area contributed by atoms with Crippen LogP contribution in [0.5, 0.6) is 5.75 Å². The largest absolute Gasteiger partial charge is 0.489 e. The number of halogens is 2. The molecule has 0 radical (unpaired) electrons. The second-order valence-electron chi connectivity index (χ2n) is 7.37. The van der Waals surface area contributed by atoms with Gasteiger partial charge in [0.1, 0.15) is 18.2 Å². The highest BCUT2D eigenvalue weighted by molar-refractivity contribution is 6.31. The number of anilines is 1. The quantitative estimate of drug-likeness (QED) is 0.384. The molecule has 4 aromatic rings. The van der Waals surface area contributed by atoms with Crippen molar-refractivity contribution < 1.29 is 13.9 Å². The van der Waals surface area contributed by atoms with Gasteiger partial charge in [0.25, 0.3) is 5.91 Å². The summed E-state index contributed by atoms with van der Waals surface area (Å²) in [6.45, 7) is 2.59. The van der Waals surface area contributed by atoms with Gasteiger partial charge in [0.15, 0.2) is 0 Å². The molecule has 5 nitrogen and oxygen atoms in total. The summed E-state index contributed by atoms with van der Waals surface area (Å²) in [7, 11) is 0. The molecule has 0 aliphatic carbocycles. The zero-order chi connectivity index (χ0) is 22.5. The Labute approximate surface area is 190 Å². The predicted molar refractivity (Wildman–Crippen MR) is 123 cm³/mol. The molecule has 0 atom stereocenters. The fourth-order valence-corrected chi connectivity index (χ4v) is 3.26. The molecule has 0 bridgehead atoms. The van der Waals surface area contributed by atoms with E-state index in [2.05, 4.69) is 10.4 Å². The van der Waals surface area contributed by atoms with Gasteiger partial charge in [0.2, 0.25) is 0 Å². The van der Waals surface area contributed by atoms with E-state index in [0.717, 1.165) is 16.9 Å². The molecule has 7 heteroatoms. The smallest absolute Gasteiger partial charge is 0.255 e. The van der Waals surface area contributed by atoms with Gasteiger partial charge in [-0.1, -0.05) is 41.9 Å². The lowest BCUT2D eigenvalue weighted by molar-refractivity contribution is 0.102. The lowest BCUT2D eigenvalue weighted by Crippen LogP contribution is -2.11. The molecule has 3 aromatic carbocycles. The minimum absolute atomic E-state index is 0.253. The lowest BCUT2D eigenvalue weighted by Gasteiger charge is -2.09. The van der Waals surface area contributed by atoms with Crippen LogP contribution in [-0.4, -0.2) is 15.7 Å². The average Bonchev–Trinajstić information content (AvgIpc) is 3.23. The molecule has 0 saturated heterocycles. The Balaban J connectivity index is 1.33. The third-order valence-electron chi connectivity index (χ3n) is 4.93. The molecule has 0 spiro atoms. The molecule has 32 heavy (non-hydrogen) atoms. The Morgan fingerprint density at radius 3 is 2.66 bits per heavy atom.